The molecular weight excluding hydrogens is 387 g/mol. The maximum Gasteiger partial charge on any atom is 0.341 e. The van der Waals surface area contributed by atoms with E-state index in [2.05, 4.69) is 10.3 Å². The molecule has 0 atom stereocenters. The Hall–Kier alpha value is -3.71. The van der Waals surface area contributed by atoms with Crippen molar-refractivity contribution in [2.45, 2.75) is 13.1 Å². The molecule has 1 aromatic heterocycles. The van der Waals surface area contributed by atoms with E-state index in [4.69, 9.17) is 14.3 Å². The van der Waals surface area contributed by atoms with Crippen LogP contribution in [0, 0.1) is 5.82 Å². The van der Waals surface area contributed by atoms with Crippen LogP contribution in [-0.4, -0.2) is 22.7 Å². The molecule has 0 saturated carbocycles. The first-order valence-corrected chi connectivity index (χ1v) is 9.37. The molecule has 1 heterocycles. The highest BCUT2D eigenvalue weighted by Crippen LogP contribution is 2.28. The zero-order chi connectivity index (χ0) is 20.9. The zero-order valence-electron chi connectivity index (χ0n) is 16.0. The first kappa shape index (κ1) is 19.6. The lowest BCUT2D eigenvalue weighted by atomic mass is 10.1. The summed E-state index contributed by atoms with van der Waals surface area (Å²) in [5.41, 5.74) is 3.74. The number of para-hydroxylation sites is 2. The topological polar surface area (TPSA) is 84.6 Å². The minimum absolute atomic E-state index is 0.362. The number of carbonyl (C=O) groups is 1. The maximum atomic E-state index is 13.9. The Morgan fingerprint density at radius 1 is 1.07 bits per heavy atom. The van der Waals surface area contributed by atoms with E-state index in [1.807, 2.05) is 30.3 Å². The van der Waals surface area contributed by atoms with E-state index in [-0.39, 0.29) is 12.4 Å². The molecule has 30 heavy (non-hydrogen) atoms. The Labute approximate surface area is 171 Å². The summed E-state index contributed by atoms with van der Waals surface area (Å²) in [7, 11) is 0. The molecule has 0 unspecified atom stereocenters. The lowest BCUT2D eigenvalue weighted by Crippen LogP contribution is -2.14. The zero-order valence-corrected chi connectivity index (χ0v) is 16.0. The molecule has 152 valence electrons. The average molecular weight is 406 g/mol. The van der Waals surface area contributed by atoms with Gasteiger partial charge in [0.15, 0.2) is 12.2 Å². The van der Waals surface area contributed by atoms with Gasteiger partial charge in [-0.25, -0.2) is 14.2 Å². The highest BCUT2D eigenvalue weighted by atomic mass is 19.1. The Morgan fingerprint density at radius 3 is 2.77 bits per heavy atom. The second kappa shape index (κ2) is 8.75. The molecule has 0 spiro atoms. The van der Waals surface area contributed by atoms with Gasteiger partial charge in [-0.1, -0.05) is 30.3 Å². The largest absolute Gasteiger partial charge is 0.482 e. The van der Waals surface area contributed by atoms with Crippen molar-refractivity contribution in [3.8, 4) is 17.2 Å². The molecule has 2 N–H and O–H groups in total. The molecule has 0 fully saturated rings. The number of oxazole rings is 1. The number of nitrogens with zero attached hydrogens (tertiary/aromatic N) is 1. The van der Waals surface area contributed by atoms with Gasteiger partial charge in [0.05, 0.1) is 0 Å². The molecule has 0 aliphatic carbocycles. The number of hydrogen-bond acceptors (Lipinski definition) is 5. The first-order chi connectivity index (χ1) is 14.6. The van der Waals surface area contributed by atoms with E-state index >= 15 is 0 Å². The smallest absolute Gasteiger partial charge is 0.341 e. The number of hydrogen-bond donors (Lipinski definition) is 2. The van der Waals surface area contributed by atoms with E-state index < -0.39 is 5.97 Å². The van der Waals surface area contributed by atoms with Crippen molar-refractivity contribution in [1.82, 2.24) is 10.3 Å². The lowest BCUT2D eigenvalue weighted by molar-refractivity contribution is -0.139. The summed E-state index contributed by atoms with van der Waals surface area (Å²) in [6.45, 7) is 0.601. The number of nitrogens with one attached hydrogen (secondary N) is 1. The van der Waals surface area contributed by atoms with Gasteiger partial charge in [0.2, 0.25) is 5.89 Å². The lowest BCUT2D eigenvalue weighted by Gasteiger charge is -2.10. The van der Waals surface area contributed by atoms with Gasteiger partial charge in [-0.2, -0.15) is 0 Å². The number of rotatable bonds is 8. The van der Waals surface area contributed by atoms with Crippen molar-refractivity contribution in [3.05, 3.63) is 83.7 Å². The number of benzene rings is 3. The van der Waals surface area contributed by atoms with E-state index in [0.717, 1.165) is 11.1 Å². The quantitative estimate of drug-likeness (QED) is 0.452. The van der Waals surface area contributed by atoms with Crippen molar-refractivity contribution in [2.75, 3.05) is 6.61 Å². The van der Waals surface area contributed by atoms with Crippen LogP contribution >= 0.6 is 0 Å². The number of carboxylic acids is 1. The van der Waals surface area contributed by atoms with Gasteiger partial charge in [0, 0.05) is 18.7 Å². The van der Waals surface area contributed by atoms with E-state index in [1.165, 1.54) is 12.1 Å². The third kappa shape index (κ3) is 4.64. The number of fused-ring (bicyclic) bond motifs is 1. The van der Waals surface area contributed by atoms with Crippen LogP contribution in [0.15, 0.2) is 71.1 Å². The van der Waals surface area contributed by atoms with Crippen molar-refractivity contribution < 1.29 is 23.4 Å². The monoisotopic (exact) mass is 406 g/mol. The summed E-state index contributed by atoms with van der Waals surface area (Å²) in [5.74, 6) is -0.525. The third-order valence-electron chi connectivity index (χ3n) is 4.50. The Kier molecular flexibility index (Phi) is 5.72. The van der Waals surface area contributed by atoms with Gasteiger partial charge in [0.25, 0.3) is 0 Å². The van der Waals surface area contributed by atoms with Gasteiger partial charge >= 0.3 is 5.97 Å². The summed E-state index contributed by atoms with van der Waals surface area (Å²) < 4.78 is 24.9. The van der Waals surface area contributed by atoms with Crippen molar-refractivity contribution in [3.63, 3.8) is 0 Å². The Bertz CT molecular complexity index is 1160. The van der Waals surface area contributed by atoms with Crippen LogP contribution in [0.5, 0.6) is 5.75 Å². The van der Waals surface area contributed by atoms with Crippen LogP contribution in [0.4, 0.5) is 4.39 Å². The fourth-order valence-electron chi connectivity index (χ4n) is 3.12. The Balaban J connectivity index is 1.48. The molecule has 6 nitrogen and oxygen atoms in total. The molecule has 0 saturated heterocycles. The van der Waals surface area contributed by atoms with Crippen LogP contribution in [0.25, 0.3) is 22.6 Å². The highest BCUT2D eigenvalue weighted by Gasteiger charge is 2.13. The number of carboxylic acid groups (broad SMARTS) is 1. The molecule has 0 bridgehead atoms. The SMILES string of the molecule is O=C(O)COc1cccc(CNCc2ccc(F)cc2-c2nc3ccccc3o2)c1. The van der Waals surface area contributed by atoms with Gasteiger partial charge < -0.3 is 19.6 Å². The van der Waals surface area contributed by atoms with Crippen LogP contribution in [0.3, 0.4) is 0 Å². The number of aliphatic carboxylic acids is 1. The maximum absolute atomic E-state index is 13.9. The molecule has 0 aliphatic rings. The van der Waals surface area contributed by atoms with Crippen molar-refractivity contribution in [1.29, 1.82) is 0 Å². The molecule has 0 amide bonds. The number of ether oxygens (including phenoxy) is 1. The van der Waals surface area contributed by atoms with Gasteiger partial charge in [0.1, 0.15) is 17.1 Å². The predicted octanol–water partition coefficient (Wildman–Crippen LogP) is 4.39. The third-order valence-corrected chi connectivity index (χ3v) is 4.50. The number of halogens is 1. The average Bonchev–Trinajstić information content (AvgIpc) is 3.18. The highest BCUT2D eigenvalue weighted by molar-refractivity contribution is 5.76. The standard InChI is InChI=1S/C23H19FN2O4/c24-17-9-8-16(19(11-17)23-26-20-6-1-2-7-21(20)30-23)13-25-12-15-4-3-5-18(10-15)29-14-22(27)28/h1-11,25H,12-14H2,(H,27,28). The Morgan fingerprint density at radius 2 is 1.93 bits per heavy atom. The minimum Gasteiger partial charge on any atom is -0.482 e. The van der Waals surface area contributed by atoms with Crippen LogP contribution in [-0.2, 0) is 17.9 Å². The molecule has 0 aliphatic heterocycles. The number of aromatic nitrogens is 1. The van der Waals surface area contributed by atoms with Crippen LogP contribution in [0.1, 0.15) is 11.1 Å². The fraction of sp³-hybridized carbons (Fsp3) is 0.130. The van der Waals surface area contributed by atoms with E-state index in [1.54, 1.807) is 24.3 Å². The summed E-state index contributed by atoms with van der Waals surface area (Å²) in [6.07, 6.45) is 0. The first-order valence-electron chi connectivity index (χ1n) is 9.37. The van der Waals surface area contributed by atoms with Gasteiger partial charge in [-0.3, -0.25) is 0 Å². The van der Waals surface area contributed by atoms with Crippen LogP contribution < -0.4 is 10.1 Å². The van der Waals surface area contributed by atoms with E-state index in [0.29, 0.717) is 41.4 Å². The van der Waals surface area contributed by atoms with Gasteiger partial charge in [-0.05, 0) is 47.5 Å². The predicted molar refractivity (Wildman–Crippen MR) is 110 cm³/mol. The second-order valence-corrected chi connectivity index (χ2v) is 6.72. The summed E-state index contributed by atoms with van der Waals surface area (Å²) >= 11 is 0. The molecule has 7 heteroatoms. The molecule has 3 aromatic carbocycles. The van der Waals surface area contributed by atoms with Crippen molar-refractivity contribution in [2.24, 2.45) is 0 Å². The van der Waals surface area contributed by atoms with Crippen molar-refractivity contribution >= 4 is 17.1 Å². The molecular formula is C23H19FN2O4. The normalized spacial score (nSPS) is 11.0. The second-order valence-electron chi connectivity index (χ2n) is 6.72. The van der Waals surface area contributed by atoms with Gasteiger partial charge in [-0.15, -0.1) is 0 Å². The fourth-order valence-corrected chi connectivity index (χ4v) is 3.12. The van der Waals surface area contributed by atoms with E-state index in [9.17, 15) is 9.18 Å². The summed E-state index contributed by atoms with van der Waals surface area (Å²) in [6, 6.07) is 19.1. The summed E-state index contributed by atoms with van der Waals surface area (Å²) in [4.78, 5) is 15.1. The minimum atomic E-state index is -1.03. The molecule has 4 rings (SSSR count). The molecule has 4 aromatic rings. The molecule has 0 radical (unpaired) electrons. The summed E-state index contributed by atoms with van der Waals surface area (Å²) in [5, 5.41) is 12.0. The van der Waals surface area contributed by atoms with Crippen LogP contribution in [0.2, 0.25) is 0 Å².